The normalized spacial score (nSPS) is 12.1. The van der Waals surface area contributed by atoms with Crippen LogP contribution in [0.15, 0.2) is 65.7 Å². The number of carbonyl (C=O) groups excluding carboxylic acids is 1. The molecule has 0 fully saturated rings. The topological polar surface area (TPSA) is 101 Å². The van der Waals surface area contributed by atoms with E-state index in [1.54, 1.807) is 30.6 Å². The predicted octanol–water partition coefficient (Wildman–Crippen LogP) is 3.12. The smallest absolute Gasteiger partial charge is 0.272 e. The molecule has 0 aliphatic carbocycles. The van der Waals surface area contributed by atoms with Crippen LogP contribution >= 0.6 is 0 Å². The average Bonchev–Trinajstić information content (AvgIpc) is 3.22. The minimum Gasteiger partial charge on any atom is -0.481 e. The van der Waals surface area contributed by atoms with Crippen molar-refractivity contribution < 1.29 is 13.9 Å². The maximum absolute atomic E-state index is 13.7. The lowest BCUT2D eigenvalue weighted by molar-refractivity contribution is -0.124. The molecule has 0 aliphatic rings. The number of hydrogen-bond acceptors (Lipinski definition) is 5. The number of amides is 1. The number of aromatic nitrogens is 4. The van der Waals surface area contributed by atoms with Crippen molar-refractivity contribution in [2.45, 2.75) is 19.9 Å². The first-order valence-corrected chi connectivity index (χ1v) is 10.1. The molecule has 2 N–H and O–H groups in total. The molecule has 3 aromatic heterocycles. The number of H-pyrrole nitrogens is 1. The van der Waals surface area contributed by atoms with E-state index in [1.807, 2.05) is 19.9 Å². The van der Waals surface area contributed by atoms with Gasteiger partial charge in [-0.3, -0.25) is 19.7 Å². The Labute approximate surface area is 183 Å². The molecule has 0 saturated carbocycles. The number of aromatic amines is 1. The average molecular weight is 435 g/mol. The Morgan fingerprint density at radius 3 is 2.75 bits per heavy atom. The highest BCUT2D eigenvalue weighted by Gasteiger charge is 2.22. The van der Waals surface area contributed by atoms with E-state index >= 15 is 0 Å². The lowest BCUT2D eigenvalue weighted by atomic mass is 10.0. The highest BCUT2D eigenvalue weighted by molar-refractivity contribution is 5.78. The van der Waals surface area contributed by atoms with Crippen LogP contribution in [0, 0.1) is 11.7 Å². The fourth-order valence-electron chi connectivity index (χ4n) is 3.34. The second-order valence-corrected chi connectivity index (χ2v) is 7.63. The van der Waals surface area contributed by atoms with Gasteiger partial charge in [-0.15, -0.1) is 0 Å². The minimum absolute atomic E-state index is 0.00297. The zero-order valence-corrected chi connectivity index (χ0v) is 17.6. The maximum Gasteiger partial charge on any atom is 0.272 e. The first-order valence-electron chi connectivity index (χ1n) is 10.1. The van der Waals surface area contributed by atoms with Crippen molar-refractivity contribution in [2.75, 3.05) is 6.61 Å². The summed E-state index contributed by atoms with van der Waals surface area (Å²) in [5, 5.41) is 5.85. The van der Waals surface area contributed by atoms with Gasteiger partial charge in [-0.1, -0.05) is 26.0 Å². The third-order valence-corrected chi connectivity index (χ3v) is 4.94. The van der Waals surface area contributed by atoms with Gasteiger partial charge in [-0.25, -0.2) is 13.9 Å². The van der Waals surface area contributed by atoms with Gasteiger partial charge in [0.1, 0.15) is 0 Å². The standard InChI is InChI=1S/C23H22FN5O3/c1-14(2)23(27-21(30)13-32-19-8-4-3-7-16(19)24)18-11-22(31)29-20(26-18)10-17(28-29)15-6-5-9-25-12-15/h3-12,14,23,28H,13H2,1-2H3,(H,27,30)/t23-/m0/s1. The summed E-state index contributed by atoms with van der Waals surface area (Å²) in [7, 11) is 0. The van der Waals surface area contributed by atoms with Gasteiger partial charge < -0.3 is 10.1 Å². The molecule has 1 atom stereocenters. The van der Waals surface area contributed by atoms with Crippen molar-refractivity contribution in [3.8, 4) is 17.0 Å². The molecule has 0 saturated heterocycles. The molecular weight excluding hydrogens is 413 g/mol. The van der Waals surface area contributed by atoms with Gasteiger partial charge in [-0.2, -0.15) is 0 Å². The third-order valence-electron chi connectivity index (χ3n) is 4.94. The van der Waals surface area contributed by atoms with E-state index < -0.39 is 17.8 Å². The zero-order valence-electron chi connectivity index (χ0n) is 17.6. The molecule has 9 heteroatoms. The summed E-state index contributed by atoms with van der Waals surface area (Å²) in [6.07, 6.45) is 3.35. The lowest BCUT2D eigenvalue weighted by Gasteiger charge is -2.22. The van der Waals surface area contributed by atoms with Gasteiger partial charge in [0.05, 0.1) is 17.4 Å². The second kappa shape index (κ2) is 9.01. The number of hydrogen-bond donors (Lipinski definition) is 2. The Morgan fingerprint density at radius 2 is 2.03 bits per heavy atom. The van der Waals surface area contributed by atoms with Crippen LogP contribution in [0.4, 0.5) is 4.39 Å². The number of ether oxygens (including phenoxy) is 1. The first-order chi connectivity index (χ1) is 15.4. The molecule has 0 radical (unpaired) electrons. The molecule has 8 nitrogen and oxygen atoms in total. The van der Waals surface area contributed by atoms with Crippen molar-refractivity contribution in [1.29, 1.82) is 0 Å². The van der Waals surface area contributed by atoms with Crippen LogP contribution in [-0.4, -0.2) is 32.1 Å². The summed E-state index contributed by atoms with van der Waals surface area (Å²) in [5.74, 6) is -1.05. The van der Waals surface area contributed by atoms with E-state index in [-0.39, 0.29) is 23.8 Å². The van der Waals surface area contributed by atoms with Crippen molar-refractivity contribution >= 4 is 11.6 Å². The molecule has 1 amide bonds. The molecule has 0 spiro atoms. The summed E-state index contributed by atoms with van der Waals surface area (Å²) in [6.45, 7) is 3.45. The van der Waals surface area contributed by atoms with Gasteiger partial charge in [0.15, 0.2) is 23.8 Å². The first kappa shape index (κ1) is 21.2. The fourth-order valence-corrected chi connectivity index (χ4v) is 3.34. The molecule has 4 rings (SSSR count). The predicted molar refractivity (Wildman–Crippen MR) is 117 cm³/mol. The van der Waals surface area contributed by atoms with Crippen LogP contribution in [0.1, 0.15) is 25.6 Å². The number of rotatable bonds is 7. The molecule has 32 heavy (non-hydrogen) atoms. The largest absolute Gasteiger partial charge is 0.481 e. The van der Waals surface area contributed by atoms with Gasteiger partial charge in [0.25, 0.3) is 11.5 Å². The van der Waals surface area contributed by atoms with Crippen LogP contribution in [0.5, 0.6) is 5.75 Å². The third kappa shape index (κ3) is 4.51. The number of fused-ring (bicyclic) bond motifs is 1. The summed E-state index contributed by atoms with van der Waals surface area (Å²) in [6, 6.07) is 12.2. The Balaban J connectivity index is 1.56. The molecule has 164 valence electrons. The monoisotopic (exact) mass is 435 g/mol. The Morgan fingerprint density at radius 1 is 1.22 bits per heavy atom. The Hall–Kier alpha value is -4.01. The molecule has 0 unspecified atom stereocenters. The SMILES string of the molecule is CC(C)[C@H](NC(=O)COc1ccccc1F)c1cc(=O)n2[nH]c(-c3cccnc3)cc2n1. The number of carbonyl (C=O) groups is 1. The van der Waals surface area contributed by atoms with Crippen LogP contribution in [-0.2, 0) is 4.79 Å². The quantitative estimate of drug-likeness (QED) is 0.465. The summed E-state index contributed by atoms with van der Waals surface area (Å²) < 4.78 is 20.3. The molecule has 0 bridgehead atoms. The van der Waals surface area contributed by atoms with Crippen molar-refractivity contribution in [3.05, 3.63) is 82.8 Å². The molecule has 0 aliphatic heterocycles. The molecular formula is C23H22FN5O3. The number of nitrogens with one attached hydrogen (secondary N) is 2. The molecule has 4 aromatic rings. The molecule has 3 heterocycles. The van der Waals surface area contributed by atoms with E-state index in [4.69, 9.17) is 4.74 Å². The van der Waals surface area contributed by atoms with Gasteiger partial charge >= 0.3 is 0 Å². The van der Waals surface area contributed by atoms with E-state index in [2.05, 4.69) is 20.4 Å². The van der Waals surface area contributed by atoms with Gasteiger partial charge in [-0.05, 0) is 30.2 Å². The summed E-state index contributed by atoms with van der Waals surface area (Å²) in [4.78, 5) is 33.8. The highest BCUT2D eigenvalue weighted by Crippen LogP contribution is 2.22. The number of halogens is 1. The second-order valence-electron chi connectivity index (χ2n) is 7.63. The highest BCUT2D eigenvalue weighted by atomic mass is 19.1. The fraction of sp³-hybridized carbons (Fsp3) is 0.217. The molecule has 1 aromatic carbocycles. The number of para-hydroxylation sites is 1. The van der Waals surface area contributed by atoms with E-state index in [9.17, 15) is 14.0 Å². The van der Waals surface area contributed by atoms with Crippen LogP contribution in [0.3, 0.4) is 0 Å². The summed E-state index contributed by atoms with van der Waals surface area (Å²) >= 11 is 0. The van der Waals surface area contributed by atoms with Crippen LogP contribution < -0.4 is 15.6 Å². The van der Waals surface area contributed by atoms with Crippen LogP contribution in [0.2, 0.25) is 0 Å². The van der Waals surface area contributed by atoms with E-state index in [1.165, 1.54) is 28.8 Å². The Kier molecular flexibility index (Phi) is 5.98. The van der Waals surface area contributed by atoms with Gasteiger partial charge in [0.2, 0.25) is 0 Å². The van der Waals surface area contributed by atoms with Crippen molar-refractivity contribution in [1.82, 2.24) is 24.9 Å². The minimum atomic E-state index is -0.544. The van der Waals surface area contributed by atoms with Crippen molar-refractivity contribution in [2.24, 2.45) is 5.92 Å². The lowest BCUT2D eigenvalue weighted by Crippen LogP contribution is -2.36. The van der Waals surface area contributed by atoms with E-state index in [0.29, 0.717) is 17.0 Å². The zero-order chi connectivity index (χ0) is 22.7. The van der Waals surface area contributed by atoms with Gasteiger partial charge in [0, 0.05) is 30.1 Å². The summed E-state index contributed by atoms with van der Waals surface area (Å²) in [5.41, 5.74) is 2.07. The van der Waals surface area contributed by atoms with Crippen LogP contribution in [0.25, 0.3) is 16.9 Å². The number of nitrogens with zero attached hydrogens (tertiary/aromatic N) is 3. The maximum atomic E-state index is 13.7. The number of benzene rings is 1. The Bertz CT molecular complexity index is 1300. The number of pyridine rings is 1. The van der Waals surface area contributed by atoms with Crippen molar-refractivity contribution in [3.63, 3.8) is 0 Å². The van der Waals surface area contributed by atoms with E-state index in [0.717, 1.165) is 5.56 Å².